The Labute approximate surface area is 129 Å². The molecule has 2 heterocycles. The van der Waals surface area contributed by atoms with Gasteiger partial charge < -0.3 is 20.7 Å². The Balaban J connectivity index is 1.93. The Morgan fingerprint density at radius 3 is 2.91 bits per heavy atom. The zero-order valence-corrected chi connectivity index (χ0v) is 13.0. The van der Waals surface area contributed by atoms with Gasteiger partial charge in [0.1, 0.15) is 23.1 Å². The molecule has 8 nitrogen and oxygen atoms in total. The monoisotopic (exact) mass is 304 g/mol. The number of amides is 1. The van der Waals surface area contributed by atoms with Gasteiger partial charge in [0, 0.05) is 19.1 Å². The lowest BCUT2D eigenvalue weighted by atomic mass is 10.2. The van der Waals surface area contributed by atoms with E-state index in [-0.39, 0.29) is 23.5 Å². The summed E-state index contributed by atoms with van der Waals surface area (Å²) in [5, 5.41) is 11.9. The van der Waals surface area contributed by atoms with Gasteiger partial charge in [0.2, 0.25) is 5.95 Å². The molecule has 1 amide bonds. The maximum Gasteiger partial charge on any atom is 0.410 e. The molecule has 0 aromatic carbocycles. The SMILES string of the molecule is CC(C)(C)OC(=O)N1CCC(Nc2ncc(C#N)c(N)n2)C1. The average Bonchev–Trinajstić information content (AvgIpc) is 2.85. The molecule has 0 spiro atoms. The normalized spacial score (nSPS) is 17.9. The van der Waals surface area contributed by atoms with Gasteiger partial charge in [0.25, 0.3) is 0 Å². The van der Waals surface area contributed by atoms with E-state index in [4.69, 9.17) is 15.7 Å². The number of nitrogens with zero attached hydrogens (tertiary/aromatic N) is 4. The van der Waals surface area contributed by atoms with Crippen LogP contribution >= 0.6 is 0 Å². The highest BCUT2D eigenvalue weighted by Gasteiger charge is 2.30. The number of nitrogen functional groups attached to an aromatic ring is 1. The average molecular weight is 304 g/mol. The first-order valence-electron chi connectivity index (χ1n) is 7.05. The molecule has 1 atom stereocenters. The third kappa shape index (κ3) is 3.97. The Hall–Kier alpha value is -2.56. The molecule has 8 heteroatoms. The number of nitrogens with two attached hydrogens (primary N) is 1. The van der Waals surface area contributed by atoms with Crippen LogP contribution in [0.5, 0.6) is 0 Å². The quantitative estimate of drug-likeness (QED) is 0.846. The second kappa shape index (κ2) is 6.05. The number of hydrogen-bond donors (Lipinski definition) is 2. The van der Waals surface area contributed by atoms with Crippen LogP contribution in [0.25, 0.3) is 0 Å². The number of aromatic nitrogens is 2. The first kappa shape index (κ1) is 15.8. The zero-order valence-electron chi connectivity index (χ0n) is 13.0. The first-order valence-corrected chi connectivity index (χ1v) is 7.05. The maximum atomic E-state index is 12.0. The van der Waals surface area contributed by atoms with Crippen molar-refractivity contribution in [2.24, 2.45) is 0 Å². The fourth-order valence-corrected chi connectivity index (χ4v) is 2.10. The molecule has 118 valence electrons. The van der Waals surface area contributed by atoms with E-state index in [0.29, 0.717) is 19.0 Å². The van der Waals surface area contributed by atoms with E-state index in [2.05, 4.69) is 15.3 Å². The second-order valence-corrected chi connectivity index (χ2v) is 6.16. The van der Waals surface area contributed by atoms with Gasteiger partial charge in [-0.1, -0.05) is 0 Å². The van der Waals surface area contributed by atoms with E-state index in [0.717, 1.165) is 6.42 Å². The summed E-state index contributed by atoms with van der Waals surface area (Å²) in [4.78, 5) is 21.7. The van der Waals surface area contributed by atoms with Crippen LogP contribution in [0.15, 0.2) is 6.20 Å². The Morgan fingerprint density at radius 1 is 1.59 bits per heavy atom. The van der Waals surface area contributed by atoms with Crippen molar-refractivity contribution in [3.05, 3.63) is 11.8 Å². The van der Waals surface area contributed by atoms with Crippen molar-refractivity contribution in [2.45, 2.75) is 38.8 Å². The predicted octanol–water partition coefficient (Wildman–Crippen LogP) is 1.35. The number of nitrogens with one attached hydrogen (secondary N) is 1. The maximum absolute atomic E-state index is 12.0. The summed E-state index contributed by atoms with van der Waals surface area (Å²) in [5.74, 6) is 0.495. The number of ether oxygens (including phenoxy) is 1. The van der Waals surface area contributed by atoms with E-state index in [1.807, 2.05) is 26.8 Å². The molecule has 1 aromatic heterocycles. The second-order valence-electron chi connectivity index (χ2n) is 6.16. The van der Waals surface area contributed by atoms with E-state index in [1.54, 1.807) is 4.90 Å². The number of likely N-dealkylation sites (tertiary alicyclic amines) is 1. The smallest absolute Gasteiger partial charge is 0.410 e. The Bertz CT molecular complexity index is 604. The molecular formula is C14H20N6O2. The Morgan fingerprint density at radius 2 is 2.32 bits per heavy atom. The third-order valence-electron chi connectivity index (χ3n) is 3.11. The third-order valence-corrected chi connectivity index (χ3v) is 3.11. The van der Waals surface area contributed by atoms with Crippen LogP contribution in [0.4, 0.5) is 16.6 Å². The van der Waals surface area contributed by atoms with E-state index in [9.17, 15) is 4.79 Å². The van der Waals surface area contributed by atoms with Crippen molar-refractivity contribution >= 4 is 17.9 Å². The van der Waals surface area contributed by atoms with Gasteiger partial charge in [0.15, 0.2) is 0 Å². The van der Waals surface area contributed by atoms with Crippen molar-refractivity contribution in [2.75, 3.05) is 24.1 Å². The van der Waals surface area contributed by atoms with Gasteiger partial charge in [-0.3, -0.25) is 0 Å². The first-order chi connectivity index (χ1) is 10.3. The van der Waals surface area contributed by atoms with Gasteiger partial charge in [-0.05, 0) is 27.2 Å². The molecule has 1 fully saturated rings. The van der Waals surface area contributed by atoms with Crippen molar-refractivity contribution in [3.8, 4) is 6.07 Å². The minimum Gasteiger partial charge on any atom is -0.444 e. The summed E-state index contributed by atoms with van der Waals surface area (Å²) in [5.41, 5.74) is 5.39. The number of anilines is 2. The van der Waals surface area contributed by atoms with Crippen molar-refractivity contribution in [3.63, 3.8) is 0 Å². The summed E-state index contributed by atoms with van der Waals surface area (Å²) in [7, 11) is 0. The molecule has 1 saturated heterocycles. The summed E-state index contributed by atoms with van der Waals surface area (Å²) in [6.45, 7) is 6.63. The molecule has 0 aliphatic carbocycles. The lowest BCUT2D eigenvalue weighted by Gasteiger charge is -2.24. The summed E-state index contributed by atoms with van der Waals surface area (Å²) >= 11 is 0. The van der Waals surface area contributed by atoms with Gasteiger partial charge in [-0.2, -0.15) is 10.2 Å². The van der Waals surface area contributed by atoms with Crippen molar-refractivity contribution in [1.29, 1.82) is 5.26 Å². The molecule has 3 N–H and O–H groups in total. The molecular weight excluding hydrogens is 284 g/mol. The molecule has 1 unspecified atom stereocenters. The standard InChI is InChI=1S/C14H20N6O2/c1-14(2,3)22-13(21)20-5-4-10(8-20)18-12-17-7-9(6-15)11(16)19-12/h7,10H,4-5,8H2,1-3H3,(H3,16,17,18,19). The van der Waals surface area contributed by atoms with Crippen LogP contribution < -0.4 is 11.1 Å². The van der Waals surface area contributed by atoms with Crippen LogP contribution in [0.3, 0.4) is 0 Å². The molecule has 1 aromatic rings. The largest absolute Gasteiger partial charge is 0.444 e. The van der Waals surface area contributed by atoms with Gasteiger partial charge in [-0.25, -0.2) is 9.78 Å². The van der Waals surface area contributed by atoms with Crippen molar-refractivity contribution in [1.82, 2.24) is 14.9 Å². The van der Waals surface area contributed by atoms with Crippen LogP contribution in [0.1, 0.15) is 32.8 Å². The molecule has 2 rings (SSSR count). The van der Waals surface area contributed by atoms with Gasteiger partial charge in [0.05, 0.1) is 6.20 Å². The summed E-state index contributed by atoms with van der Waals surface area (Å²) < 4.78 is 5.34. The van der Waals surface area contributed by atoms with Gasteiger partial charge >= 0.3 is 6.09 Å². The van der Waals surface area contributed by atoms with Crippen LogP contribution in [-0.4, -0.2) is 45.7 Å². The van der Waals surface area contributed by atoms with E-state index >= 15 is 0 Å². The number of rotatable bonds is 2. The lowest BCUT2D eigenvalue weighted by molar-refractivity contribution is 0.0293. The fourth-order valence-electron chi connectivity index (χ4n) is 2.10. The lowest BCUT2D eigenvalue weighted by Crippen LogP contribution is -2.36. The molecule has 0 bridgehead atoms. The Kier molecular flexibility index (Phi) is 4.35. The molecule has 0 saturated carbocycles. The highest BCUT2D eigenvalue weighted by Crippen LogP contribution is 2.18. The molecule has 0 radical (unpaired) electrons. The molecule has 1 aliphatic heterocycles. The topological polar surface area (TPSA) is 117 Å². The highest BCUT2D eigenvalue weighted by molar-refractivity contribution is 5.68. The van der Waals surface area contributed by atoms with E-state index < -0.39 is 5.60 Å². The van der Waals surface area contributed by atoms with E-state index in [1.165, 1.54) is 6.20 Å². The predicted molar refractivity (Wildman–Crippen MR) is 81.0 cm³/mol. The summed E-state index contributed by atoms with van der Waals surface area (Å²) in [6, 6.07) is 1.94. The highest BCUT2D eigenvalue weighted by atomic mass is 16.6. The van der Waals surface area contributed by atoms with Crippen LogP contribution in [0.2, 0.25) is 0 Å². The van der Waals surface area contributed by atoms with Crippen LogP contribution in [-0.2, 0) is 4.74 Å². The molecule has 1 aliphatic rings. The number of carbonyl (C=O) groups excluding carboxylic acids is 1. The minimum atomic E-state index is -0.507. The van der Waals surface area contributed by atoms with Crippen LogP contribution in [0, 0.1) is 11.3 Å². The zero-order chi connectivity index (χ0) is 16.3. The number of carbonyl (C=O) groups is 1. The van der Waals surface area contributed by atoms with Gasteiger partial charge in [-0.15, -0.1) is 0 Å². The summed E-state index contributed by atoms with van der Waals surface area (Å²) in [6.07, 6.45) is 1.82. The molecule has 22 heavy (non-hydrogen) atoms. The van der Waals surface area contributed by atoms with Crippen molar-refractivity contribution < 1.29 is 9.53 Å². The number of hydrogen-bond acceptors (Lipinski definition) is 7. The minimum absolute atomic E-state index is 0.0276. The number of nitriles is 1. The fraction of sp³-hybridized carbons (Fsp3) is 0.571.